The number of hydrogen-bond donors (Lipinski definition) is 3. The molecular formula is C18H29N3O3. The summed E-state index contributed by atoms with van der Waals surface area (Å²) in [6.45, 7) is 7.59. The van der Waals surface area contributed by atoms with Gasteiger partial charge in [0.25, 0.3) is 0 Å². The molecular weight excluding hydrogens is 306 g/mol. The van der Waals surface area contributed by atoms with Crippen molar-refractivity contribution in [2.75, 3.05) is 20.6 Å². The number of carbonyl (C=O) groups excluding carboxylic acids is 1. The number of nitrogens with zero attached hydrogens (tertiary/aromatic N) is 1. The topological polar surface area (TPSA) is 81.7 Å². The van der Waals surface area contributed by atoms with Crippen molar-refractivity contribution < 1.29 is 14.7 Å². The standard InChI is InChI=1S/C18H29N3O3/c1-18(2,3)15(10-11-21(4)5)20-17(24)19-12-13-6-8-14(9-7-13)16(22)23/h6-9,15H,10-12H2,1-5H3,(H,22,23)(H2,19,20,24). The molecule has 1 atom stereocenters. The van der Waals surface area contributed by atoms with Crippen LogP contribution in [-0.4, -0.2) is 48.7 Å². The van der Waals surface area contributed by atoms with Gasteiger partial charge in [0.15, 0.2) is 0 Å². The Kier molecular flexibility index (Phi) is 7.22. The SMILES string of the molecule is CN(C)CCC(NC(=O)NCc1ccc(C(=O)O)cc1)C(C)(C)C. The first-order chi connectivity index (χ1) is 11.1. The first-order valence-corrected chi connectivity index (χ1v) is 8.11. The maximum atomic E-state index is 12.2. The maximum Gasteiger partial charge on any atom is 0.335 e. The molecule has 0 heterocycles. The van der Waals surface area contributed by atoms with Crippen LogP contribution in [0.25, 0.3) is 0 Å². The molecule has 0 aliphatic rings. The second kappa shape index (κ2) is 8.68. The van der Waals surface area contributed by atoms with Crippen molar-refractivity contribution in [1.29, 1.82) is 0 Å². The van der Waals surface area contributed by atoms with Gasteiger partial charge in [-0.2, -0.15) is 0 Å². The molecule has 1 unspecified atom stereocenters. The van der Waals surface area contributed by atoms with Gasteiger partial charge in [-0.15, -0.1) is 0 Å². The van der Waals surface area contributed by atoms with Crippen LogP contribution in [0.4, 0.5) is 4.79 Å². The molecule has 24 heavy (non-hydrogen) atoms. The average molecular weight is 335 g/mol. The summed E-state index contributed by atoms with van der Waals surface area (Å²) < 4.78 is 0. The van der Waals surface area contributed by atoms with Gasteiger partial charge in [-0.1, -0.05) is 32.9 Å². The van der Waals surface area contributed by atoms with Crippen molar-refractivity contribution in [3.05, 3.63) is 35.4 Å². The van der Waals surface area contributed by atoms with E-state index in [1.807, 2.05) is 14.1 Å². The van der Waals surface area contributed by atoms with Crippen molar-refractivity contribution in [3.8, 4) is 0 Å². The zero-order valence-corrected chi connectivity index (χ0v) is 15.2. The van der Waals surface area contributed by atoms with E-state index in [0.717, 1.165) is 18.5 Å². The lowest BCUT2D eigenvalue weighted by molar-refractivity contribution is 0.0697. The third kappa shape index (κ3) is 7.00. The van der Waals surface area contributed by atoms with Gasteiger partial charge in [0.1, 0.15) is 0 Å². The third-order valence-electron chi connectivity index (χ3n) is 3.87. The lowest BCUT2D eigenvalue weighted by Crippen LogP contribution is -2.48. The predicted octanol–water partition coefficient (Wildman–Crippen LogP) is 2.55. The molecule has 0 spiro atoms. The lowest BCUT2D eigenvalue weighted by atomic mass is 9.84. The molecule has 0 aromatic heterocycles. The second-order valence-corrected chi connectivity index (χ2v) is 7.34. The molecule has 0 fully saturated rings. The fraction of sp³-hybridized carbons (Fsp3) is 0.556. The molecule has 0 aliphatic carbocycles. The van der Waals surface area contributed by atoms with Crippen molar-refractivity contribution in [2.45, 2.75) is 39.8 Å². The number of amides is 2. The number of nitrogens with one attached hydrogen (secondary N) is 2. The van der Waals surface area contributed by atoms with Gasteiger partial charge in [0.05, 0.1) is 5.56 Å². The molecule has 2 amide bonds. The van der Waals surface area contributed by atoms with Crippen LogP contribution in [0.15, 0.2) is 24.3 Å². The number of rotatable bonds is 7. The zero-order chi connectivity index (χ0) is 18.3. The van der Waals surface area contributed by atoms with Crippen LogP contribution in [0.3, 0.4) is 0 Å². The molecule has 3 N–H and O–H groups in total. The van der Waals surface area contributed by atoms with Crippen molar-refractivity contribution in [3.63, 3.8) is 0 Å². The molecule has 0 aliphatic heterocycles. The summed E-state index contributed by atoms with van der Waals surface area (Å²) in [6.07, 6.45) is 0.872. The summed E-state index contributed by atoms with van der Waals surface area (Å²) in [5.41, 5.74) is 1.06. The molecule has 0 saturated carbocycles. The van der Waals surface area contributed by atoms with Gasteiger partial charge >= 0.3 is 12.0 Å². The van der Waals surface area contributed by atoms with Gasteiger partial charge < -0.3 is 20.6 Å². The lowest BCUT2D eigenvalue weighted by Gasteiger charge is -2.32. The van der Waals surface area contributed by atoms with Crippen LogP contribution in [-0.2, 0) is 6.54 Å². The monoisotopic (exact) mass is 335 g/mol. The van der Waals surface area contributed by atoms with Crippen LogP contribution in [0, 0.1) is 5.41 Å². The van der Waals surface area contributed by atoms with E-state index in [4.69, 9.17) is 5.11 Å². The number of aromatic carboxylic acids is 1. The number of carbonyl (C=O) groups is 2. The Morgan fingerprint density at radius 1 is 1.17 bits per heavy atom. The Morgan fingerprint density at radius 3 is 2.21 bits per heavy atom. The van der Waals surface area contributed by atoms with Crippen LogP contribution < -0.4 is 10.6 Å². The van der Waals surface area contributed by atoms with Crippen LogP contribution >= 0.6 is 0 Å². The van der Waals surface area contributed by atoms with Crippen LogP contribution in [0.5, 0.6) is 0 Å². The molecule has 6 nitrogen and oxygen atoms in total. The quantitative estimate of drug-likeness (QED) is 0.715. The zero-order valence-electron chi connectivity index (χ0n) is 15.2. The summed E-state index contributed by atoms with van der Waals surface area (Å²) >= 11 is 0. The van der Waals surface area contributed by atoms with E-state index >= 15 is 0 Å². The molecule has 1 rings (SSSR count). The highest BCUT2D eigenvalue weighted by molar-refractivity contribution is 5.87. The minimum atomic E-state index is -0.957. The van der Waals surface area contributed by atoms with Crippen molar-refractivity contribution in [1.82, 2.24) is 15.5 Å². The number of urea groups is 1. The molecule has 0 radical (unpaired) electrons. The summed E-state index contributed by atoms with van der Waals surface area (Å²) in [7, 11) is 4.03. The van der Waals surface area contributed by atoms with Gasteiger partial charge in [0, 0.05) is 12.6 Å². The molecule has 0 saturated heterocycles. The molecule has 0 bridgehead atoms. The van der Waals surface area contributed by atoms with E-state index in [2.05, 4.69) is 36.3 Å². The van der Waals surface area contributed by atoms with Crippen molar-refractivity contribution in [2.24, 2.45) is 5.41 Å². The van der Waals surface area contributed by atoms with Crippen molar-refractivity contribution >= 4 is 12.0 Å². The number of carboxylic acid groups (broad SMARTS) is 1. The van der Waals surface area contributed by atoms with Gasteiger partial charge in [-0.05, 0) is 50.2 Å². The van der Waals surface area contributed by atoms with Crippen LogP contribution in [0.1, 0.15) is 43.1 Å². The number of hydrogen-bond acceptors (Lipinski definition) is 3. The fourth-order valence-corrected chi connectivity index (χ4v) is 2.27. The highest BCUT2D eigenvalue weighted by atomic mass is 16.4. The van der Waals surface area contributed by atoms with Crippen LogP contribution in [0.2, 0.25) is 0 Å². The predicted molar refractivity (Wildman–Crippen MR) is 95.2 cm³/mol. The molecule has 6 heteroatoms. The smallest absolute Gasteiger partial charge is 0.335 e. The van der Waals surface area contributed by atoms with E-state index in [0.29, 0.717) is 6.54 Å². The summed E-state index contributed by atoms with van der Waals surface area (Å²) in [4.78, 5) is 25.1. The largest absolute Gasteiger partial charge is 0.478 e. The number of carboxylic acids is 1. The van der Waals surface area contributed by atoms with Gasteiger partial charge in [-0.25, -0.2) is 9.59 Å². The van der Waals surface area contributed by atoms with E-state index in [9.17, 15) is 9.59 Å². The summed E-state index contributed by atoms with van der Waals surface area (Å²) in [5.74, 6) is -0.957. The average Bonchev–Trinajstić information content (AvgIpc) is 2.48. The minimum Gasteiger partial charge on any atom is -0.478 e. The minimum absolute atomic E-state index is 0.0313. The van der Waals surface area contributed by atoms with E-state index in [1.165, 1.54) is 12.1 Å². The Bertz CT molecular complexity index is 548. The third-order valence-corrected chi connectivity index (χ3v) is 3.87. The van der Waals surface area contributed by atoms with E-state index < -0.39 is 5.97 Å². The molecule has 1 aromatic rings. The Balaban J connectivity index is 2.54. The summed E-state index contributed by atoms with van der Waals surface area (Å²) in [6, 6.07) is 6.33. The normalized spacial score (nSPS) is 12.8. The highest BCUT2D eigenvalue weighted by Crippen LogP contribution is 2.21. The Hall–Kier alpha value is -2.08. The number of benzene rings is 1. The van der Waals surface area contributed by atoms with E-state index in [-0.39, 0.29) is 23.1 Å². The first kappa shape index (κ1) is 20.0. The highest BCUT2D eigenvalue weighted by Gasteiger charge is 2.26. The molecule has 1 aromatic carbocycles. The molecule has 134 valence electrons. The Morgan fingerprint density at radius 2 is 1.75 bits per heavy atom. The fourth-order valence-electron chi connectivity index (χ4n) is 2.27. The van der Waals surface area contributed by atoms with E-state index in [1.54, 1.807) is 12.1 Å². The Labute approximate surface area is 144 Å². The maximum absolute atomic E-state index is 12.2. The van der Waals surface area contributed by atoms with Gasteiger partial charge in [0.2, 0.25) is 0 Å². The first-order valence-electron chi connectivity index (χ1n) is 8.11. The second-order valence-electron chi connectivity index (χ2n) is 7.34. The van der Waals surface area contributed by atoms with Gasteiger partial charge in [-0.3, -0.25) is 0 Å². The summed E-state index contributed by atoms with van der Waals surface area (Å²) in [5, 5.41) is 14.7.